The first-order valence-corrected chi connectivity index (χ1v) is 6.62. The summed E-state index contributed by atoms with van der Waals surface area (Å²) in [6.45, 7) is 11.2. The third-order valence-electron chi connectivity index (χ3n) is 3.74. The number of ether oxygens (including phenoxy) is 1. The highest BCUT2D eigenvalue weighted by Crippen LogP contribution is 2.48. The predicted molar refractivity (Wildman–Crippen MR) is 68.3 cm³/mol. The molecule has 0 fully saturated rings. The lowest BCUT2D eigenvalue weighted by Gasteiger charge is -2.43. The fourth-order valence-electron chi connectivity index (χ4n) is 2.66. The lowest BCUT2D eigenvalue weighted by Crippen LogP contribution is -2.45. The minimum absolute atomic E-state index is 0.0321. The van der Waals surface area contributed by atoms with Gasteiger partial charge in [-0.05, 0) is 13.3 Å². The summed E-state index contributed by atoms with van der Waals surface area (Å²) in [6, 6.07) is 0. The molecule has 1 aliphatic carbocycles. The van der Waals surface area contributed by atoms with Gasteiger partial charge in [0.05, 0.1) is 16.8 Å². The number of thiazole rings is 1. The van der Waals surface area contributed by atoms with Crippen LogP contribution in [0, 0.1) is 6.92 Å². The van der Waals surface area contributed by atoms with E-state index in [1.807, 2.05) is 18.4 Å². The number of rotatable bonds is 1. The first kappa shape index (κ1) is 12.1. The lowest BCUT2D eigenvalue weighted by atomic mass is 9.67. The maximum atomic E-state index is 5.67. The van der Waals surface area contributed by atoms with Crippen molar-refractivity contribution in [1.29, 1.82) is 0 Å². The molecule has 0 saturated carbocycles. The number of nitrogens with zero attached hydrogens (tertiary/aromatic N) is 1. The van der Waals surface area contributed by atoms with E-state index in [-0.39, 0.29) is 16.9 Å². The molecule has 90 valence electrons. The molecule has 2 rings (SSSR count). The van der Waals surface area contributed by atoms with E-state index < -0.39 is 0 Å². The summed E-state index contributed by atoms with van der Waals surface area (Å²) in [7, 11) is 1.81. The molecule has 0 amide bonds. The first-order chi connectivity index (χ1) is 7.29. The third kappa shape index (κ3) is 1.61. The van der Waals surface area contributed by atoms with Gasteiger partial charge in [-0.3, -0.25) is 0 Å². The fraction of sp³-hybridized carbons (Fsp3) is 0.769. The molecule has 1 unspecified atom stereocenters. The van der Waals surface area contributed by atoms with Crippen LogP contribution in [0.2, 0.25) is 0 Å². The van der Waals surface area contributed by atoms with Crippen LogP contribution in [0.5, 0.6) is 0 Å². The van der Waals surface area contributed by atoms with E-state index in [1.54, 1.807) is 0 Å². The van der Waals surface area contributed by atoms with Gasteiger partial charge in [0.2, 0.25) is 0 Å². The van der Waals surface area contributed by atoms with Gasteiger partial charge in [-0.25, -0.2) is 4.98 Å². The van der Waals surface area contributed by atoms with Crippen molar-refractivity contribution in [1.82, 2.24) is 4.98 Å². The molecule has 1 aromatic rings. The van der Waals surface area contributed by atoms with Crippen molar-refractivity contribution < 1.29 is 4.74 Å². The topological polar surface area (TPSA) is 22.1 Å². The molecule has 0 aliphatic heterocycles. The Bertz CT molecular complexity index is 406. The quantitative estimate of drug-likeness (QED) is 0.749. The van der Waals surface area contributed by atoms with E-state index in [9.17, 15) is 0 Å². The minimum Gasteiger partial charge on any atom is -0.380 e. The normalized spacial score (nSPS) is 26.5. The second-order valence-electron chi connectivity index (χ2n) is 5.94. The zero-order chi connectivity index (χ0) is 12.1. The summed E-state index contributed by atoms with van der Waals surface area (Å²) in [6.07, 6.45) is 1.34. The third-order valence-corrected chi connectivity index (χ3v) is 5.08. The van der Waals surface area contributed by atoms with Gasteiger partial charge in [-0.15, -0.1) is 11.3 Å². The van der Waals surface area contributed by atoms with E-state index in [4.69, 9.17) is 9.72 Å². The summed E-state index contributed by atoms with van der Waals surface area (Å²) >= 11 is 1.85. The van der Waals surface area contributed by atoms with Crippen LogP contribution in [-0.2, 0) is 15.6 Å². The zero-order valence-corrected chi connectivity index (χ0v) is 11.9. The molecule has 0 radical (unpaired) electrons. The van der Waals surface area contributed by atoms with Crippen molar-refractivity contribution in [3.05, 3.63) is 15.6 Å². The van der Waals surface area contributed by atoms with Gasteiger partial charge in [-0.1, -0.05) is 27.7 Å². The SMILES string of the molecule is COC1CC(C)(C)c2sc(C)nc2C1(C)C. The number of aryl methyl sites for hydroxylation is 1. The maximum absolute atomic E-state index is 5.67. The van der Waals surface area contributed by atoms with Crippen molar-refractivity contribution in [2.24, 2.45) is 0 Å². The molecule has 2 nitrogen and oxygen atoms in total. The molecule has 1 heterocycles. The standard InChI is InChI=1S/C13H21NOS/c1-8-14-10-11(16-8)12(2,3)7-9(15-6)13(10,4)5/h9H,7H2,1-6H3. The number of hydrogen-bond acceptors (Lipinski definition) is 3. The molecule has 16 heavy (non-hydrogen) atoms. The minimum atomic E-state index is 0.0321. The van der Waals surface area contributed by atoms with Gasteiger partial charge in [-0.2, -0.15) is 0 Å². The largest absolute Gasteiger partial charge is 0.380 e. The van der Waals surface area contributed by atoms with Gasteiger partial charge >= 0.3 is 0 Å². The molecule has 3 heteroatoms. The molecule has 0 bridgehead atoms. The molecular weight excluding hydrogens is 218 g/mol. The van der Waals surface area contributed by atoms with Crippen LogP contribution in [0.15, 0.2) is 0 Å². The highest BCUT2D eigenvalue weighted by atomic mass is 32.1. The molecule has 1 atom stereocenters. The van der Waals surface area contributed by atoms with Crippen LogP contribution in [0.4, 0.5) is 0 Å². The van der Waals surface area contributed by atoms with Crippen LogP contribution in [0.1, 0.15) is 49.7 Å². The van der Waals surface area contributed by atoms with Crippen LogP contribution in [0.25, 0.3) is 0 Å². The molecule has 0 N–H and O–H groups in total. The molecule has 1 aliphatic rings. The molecular formula is C13H21NOS. The van der Waals surface area contributed by atoms with E-state index in [1.165, 1.54) is 15.6 Å². The Hall–Kier alpha value is -0.410. The average molecular weight is 239 g/mol. The molecule has 0 aromatic carbocycles. The van der Waals surface area contributed by atoms with Crippen molar-refractivity contribution >= 4 is 11.3 Å². The maximum Gasteiger partial charge on any atom is 0.0900 e. The Morgan fingerprint density at radius 1 is 1.31 bits per heavy atom. The summed E-state index contributed by atoms with van der Waals surface area (Å²) in [5, 5.41) is 1.17. The Morgan fingerprint density at radius 3 is 2.50 bits per heavy atom. The monoisotopic (exact) mass is 239 g/mol. The van der Waals surface area contributed by atoms with Crippen LogP contribution in [-0.4, -0.2) is 18.2 Å². The predicted octanol–water partition coefficient (Wildman–Crippen LogP) is 3.43. The smallest absolute Gasteiger partial charge is 0.0900 e. The Balaban J connectivity index is 2.60. The Labute approximate surface area is 102 Å². The molecule has 1 aromatic heterocycles. The van der Waals surface area contributed by atoms with Crippen LogP contribution >= 0.6 is 11.3 Å². The van der Waals surface area contributed by atoms with E-state index in [2.05, 4.69) is 34.6 Å². The first-order valence-electron chi connectivity index (χ1n) is 5.80. The van der Waals surface area contributed by atoms with Gasteiger partial charge in [0.1, 0.15) is 0 Å². The summed E-state index contributed by atoms with van der Waals surface area (Å²) < 4.78 is 5.67. The van der Waals surface area contributed by atoms with Crippen molar-refractivity contribution in [3.8, 4) is 0 Å². The van der Waals surface area contributed by atoms with Gasteiger partial charge in [0.15, 0.2) is 0 Å². The lowest BCUT2D eigenvalue weighted by molar-refractivity contribution is 0.0135. The van der Waals surface area contributed by atoms with Crippen molar-refractivity contribution in [2.45, 2.75) is 58.0 Å². The van der Waals surface area contributed by atoms with Crippen molar-refractivity contribution in [2.75, 3.05) is 7.11 Å². The zero-order valence-electron chi connectivity index (χ0n) is 11.0. The second kappa shape index (κ2) is 3.54. The highest BCUT2D eigenvalue weighted by molar-refractivity contribution is 7.11. The summed E-state index contributed by atoms with van der Waals surface area (Å²) in [5.41, 5.74) is 1.47. The summed E-state index contributed by atoms with van der Waals surface area (Å²) in [5.74, 6) is 0. The number of hydrogen-bond donors (Lipinski definition) is 0. The molecule has 0 saturated heterocycles. The highest BCUT2D eigenvalue weighted by Gasteiger charge is 2.46. The van der Waals surface area contributed by atoms with E-state index >= 15 is 0 Å². The Morgan fingerprint density at radius 2 is 1.94 bits per heavy atom. The van der Waals surface area contributed by atoms with E-state index in [0.717, 1.165) is 6.42 Å². The molecule has 0 spiro atoms. The number of methoxy groups -OCH3 is 1. The Kier molecular flexibility index (Phi) is 2.67. The van der Waals surface area contributed by atoms with Crippen molar-refractivity contribution in [3.63, 3.8) is 0 Å². The van der Waals surface area contributed by atoms with Crippen LogP contribution < -0.4 is 0 Å². The van der Waals surface area contributed by atoms with E-state index in [0.29, 0.717) is 0 Å². The van der Waals surface area contributed by atoms with Crippen LogP contribution in [0.3, 0.4) is 0 Å². The van der Waals surface area contributed by atoms with Gasteiger partial charge < -0.3 is 4.74 Å². The number of fused-ring (bicyclic) bond motifs is 1. The fourth-order valence-corrected chi connectivity index (χ4v) is 3.86. The average Bonchev–Trinajstić information content (AvgIpc) is 2.56. The second-order valence-corrected chi connectivity index (χ2v) is 7.15. The summed E-state index contributed by atoms with van der Waals surface area (Å²) in [4.78, 5) is 6.18. The van der Waals surface area contributed by atoms with Gasteiger partial charge in [0.25, 0.3) is 0 Å². The number of aromatic nitrogens is 1. The van der Waals surface area contributed by atoms with Gasteiger partial charge in [0, 0.05) is 22.8 Å².